The molecule has 2 rings (SSSR count). The minimum Gasteiger partial charge on any atom is -0.347 e. The van der Waals surface area contributed by atoms with Gasteiger partial charge in [0.1, 0.15) is 17.9 Å². The zero-order valence-corrected chi connectivity index (χ0v) is 24.9. The van der Waals surface area contributed by atoms with Gasteiger partial charge in [0.25, 0.3) is 0 Å². The van der Waals surface area contributed by atoms with Crippen molar-refractivity contribution in [3.8, 4) is 0 Å². The number of benzene rings is 1. The van der Waals surface area contributed by atoms with Crippen LogP contribution in [0.1, 0.15) is 72.4 Å². The number of rotatable bonds is 16. The van der Waals surface area contributed by atoms with Gasteiger partial charge in [0.05, 0.1) is 24.5 Å². The molecular formula is C30H45N5O6. The lowest BCUT2D eigenvalue weighted by atomic mass is 9.93. The van der Waals surface area contributed by atoms with Crippen LogP contribution in [0.4, 0.5) is 0 Å². The lowest BCUT2D eigenvalue weighted by Crippen LogP contribution is -2.55. The maximum atomic E-state index is 13.3. The van der Waals surface area contributed by atoms with E-state index in [1.54, 1.807) is 31.2 Å². The van der Waals surface area contributed by atoms with Crippen molar-refractivity contribution in [2.24, 2.45) is 28.9 Å². The van der Waals surface area contributed by atoms with E-state index in [-0.39, 0.29) is 29.9 Å². The number of carbonyl (C=O) groups is 6. The van der Waals surface area contributed by atoms with Crippen molar-refractivity contribution in [3.05, 3.63) is 35.9 Å². The first kappa shape index (κ1) is 33.6. The van der Waals surface area contributed by atoms with Crippen molar-refractivity contribution in [1.82, 2.24) is 21.3 Å². The Labute approximate surface area is 242 Å². The number of Topliss-reactive ketones (excluding diaryl/α,β-unsaturated/α-hetero) is 2. The minimum atomic E-state index is -0.982. The van der Waals surface area contributed by atoms with E-state index in [1.165, 1.54) is 6.92 Å². The highest BCUT2D eigenvalue weighted by Gasteiger charge is 2.60. The molecule has 0 aliphatic heterocycles. The van der Waals surface area contributed by atoms with Crippen LogP contribution in [0.5, 0.6) is 0 Å². The van der Waals surface area contributed by atoms with Gasteiger partial charge < -0.3 is 27.0 Å². The van der Waals surface area contributed by atoms with E-state index < -0.39 is 59.6 Å². The second kappa shape index (κ2) is 14.9. The number of carbonyl (C=O) groups excluding carboxylic acids is 6. The van der Waals surface area contributed by atoms with Gasteiger partial charge in [0, 0.05) is 5.92 Å². The van der Waals surface area contributed by atoms with E-state index in [2.05, 4.69) is 21.3 Å². The number of hydrogen-bond donors (Lipinski definition) is 5. The van der Waals surface area contributed by atoms with Crippen LogP contribution in [-0.4, -0.2) is 60.4 Å². The Morgan fingerprint density at radius 3 is 2.12 bits per heavy atom. The molecule has 0 heterocycles. The molecule has 0 bridgehead atoms. The van der Waals surface area contributed by atoms with Crippen molar-refractivity contribution in [2.45, 2.75) is 78.9 Å². The van der Waals surface area contributed by atoms with Crippen molar-refractivity contribution >= 4 is 35.2 Å². The summed E-state index contributed by atoms with van der Waals surface area (Å²) in [4.78, 5) is 75.7. The highest BCUT2D eigenvalue weighted by Crippen LogP contribution is 2.54. The van der Waals surface area contributed by atoms with Crippen LogP contribution in [0.3, 0.4) is 0 Å². The predicted molar refractivity (Wildman–Crippen MR) is 154 cm³/mol. The van der Waals surface area contributed by atoms with Crippen molar-refractivity contribution in [1.29, 1.82) is 0 Å². The quantitative estimate of drug-likeness (QED) is 0.198. The molecule has 41 heavy (non-hydrogen) atoms. The molecule has 0 saturated heterocycles. The summed E-state index contributed by atoms with van der Waals surface area (Å²) >= 11 is 0. The van der Waals surface area contributed by atoms with Gasteiger partial charge in [0.2, 0.25) is 23.6 Å². The van der Waals surface area contributed by atoms with Crippen molar-refractivity contribution in [2.75, 3.05) is 13.1 Å². The Morgan fingerprint density at radius 2 is 1.56 bits per heavy atom. The van der Waals surface area contributed by atoms with E-state index in [4.69, 9.17) is 5.73 Å². The minimum absolute atomic E-state index is 0.0877. The maximum absolute atomic E-state index is 13.3. The zero-order chi connectivity index (χ0) is 30.9. The third kappa shape index (κ3) is 9.48. The first-order valence-corrected chi connectivity index (χ1v) is 14.2. The smallest absolute Gasteiger partial charge is 0.243 e. The summed E-state index contributed by atoms with van der Waals surface area (Å²) in [6.45, 7) is 9.97. The predicted octanol–water partition coefficient (Wildman–Crippen LogP) is 1.16. The second-order valence-electron chi connectivity index (χ2n) is 11.7. The summed E-state index contributed by atoms with van der Waals surface area (Å²) in [5, 5.41) is 10.5. The van der Waals surface area contributed by atoms with Crippen molar-refractivity contribution < 1.29 is 28.8 Å². The molecule has 0 radical (unpaired) electrons. The Hall–Kier alpha value is -3.60. The molecule has 1 aliphatic rings. The fraction of sp³-hybridized carbons (Fsp3) is 0.600. The molecule has 0 spiro atoms. The van der Waals surface area contributed by atoms with Crippen molar-refractivity contribution in [3.63, 3.8) is 0 Å². The van der Waals surface area contributed by atoms with Crippen LogP contribution in [0.2, 0.25) is 0 Å². The maximum Gasteiger partial charge on any atom is 0.243 e. The first-order valence-electron chi connectivity index (χ1n) is 14.2. The first-order chi connectivity index (χ1) is 19.2. The zero-order valence-electron chi connectivity index (χ0n) is 24.9. The number of amides is 4. The number of nitrogens with one attached hydrogen (secondary N) is 4. The number of ketones is 2. The Morgan fingerprint density at radius 1 is 0.951 bits per heavy atom. The molecule has 1 aromatic rings. The van der Waals surface area contributed by atoms with E-state index in [1.807, 2.05) is 33.8 Å². The third-order valence-electron chi connectivity index (χ3n) is 7.64. The number of nitrogens with two attached hydrogens (primary N) is 1. The molecule has 1 fully saturated rings. The Kier molecular flexibility index (Phi) is 12.2. The van der Waals surface area contributed by atoms with Crippen LogP contribution in [0.15, 0.2) is 30.3 Å². The highest BCUT2D eigenvalue weighted by molar-refractivity contribution is 6.00. The molecule has 0 aromatic heterocycles. The SMILES string of the molecule is CC[C@H](C)[C@H](NC(=O)C1(C)CC1C(=O)C(N)c1ccccc1)C(=O)NCC(=O)NC(CC(C)C)C(=O)NCC(C)=O. The second-order valence-corrected chi connectivity index (χ2v) is 11.7. The molecular weight excluding hydrogens is 526 g/mol. The third-order valence-corrected chi connectivity index (χ3v) is 7.64. The Bertz CT molecular complexity index is 1120. The van der Waals surface area contributed by atoms with E-state index >= 15 is 0 Å². The lowest BCUT2D eigenvalue weighted by Gasteiger charge is -2.26. The fourth-order valence-electron chi connectivity index (χ4n) is 4.64. The van der Waals surface area contributed by atoms with Crippen LogP contribution < -0.4 is 27.0 Å². The summed E-state index contributed by atoms with van der Waals surface area (Å²) in [5.74, 6) is -3.18. The molecule has 1 aliphatic carbocycles. The summed E-state index contributed by atoms with van der Waals surface area (Å²) in [6, 6.07) is 6.33. The topological polar surface area (TPSA) is 177 Å². The van der Waals surface area contributed by atoms with Crippen LogP contribution in [0.25, 0.3) is 0 Å². The van der Waals surface area contributed by atoms with E-state index in [0.29, 0.717) is 24.8 Å². The van der Waals surface area contributed by atoms with E-state index in [9.17, 15) is 28.8 Å². The van der Waals surface area contributed by atoms with Crippen LogP contribution >= 0.6 is 0 Å². The van der Waals surface area contributed by atoms with Crippen LogP contribution in [-0.2, 0) is 28.8 Å². The molecule has 226 valence electrons. The van der Waals surface area contributed by atoms with Gasteiger partial charge in [0.15, 0.2) is 5.78 Å². The molecule has 6 atom stereocenters. The van der Waals surface area contributed by atoms with Gasteiger partial charge >= 0.3 is 0 Å². The Balaban J connectivity index is 1.99. The van der Waals surface area contributed by atoms with Gasteiger partial charge in [-0.15, -0.1) is 0 Å². The number of hydrogen-bond acceptors (Lipinski definition) is 7. The molecule has 11 nitrogen and oxygen atoms in total. The molecule has 6 N–H and O–H groups in total. The summed E-state index contributed by atoms with van der Waals surface area (Å²) in [7, 11) is 0. The monoisotopic (exact) mass is 571 g/mol. The van der Waals surface area contributed by atoms with Gasteiger partial charge in [-0.2, -0.15) is 0 Å². The van der Waals surface area contributed by atoms with E-state index in [0.717, 1.165) is 0 Å². The molecule has 1 saturated carbocycles. The van der Waals surface area contributed by atoms with Gasteiger partial charge in [-0.3, -0.25) is 28.8 Å². The molecule has 4 unspecified atom stereocenters. The fourth-order valence-corrected chi connectivity index (χ4v) is 4.64. The highest BCUT2D eigenvalue weighted by atomic mass is 16.2. The van der Waals surface area contributed by atoms with Gasteiger partial charge in [-0.1, -0.05) is 71.4 Å². The molecule has 11 heteroatoms. The van der Waals surface area contributed by atoms with Gasteiger partial charge in [-0.25, -0.2) is 0 Å². The summed E-state index contributed by atoms with van der Waals surface area (Å²) < 4.78 is 0. The summed E-state index contributed by atoms with van der Waals surface area (Å²) in [5.41, 5.74) is 5.87. The van der Waals surface area contributed by atoms with Crippen LogP contribution in [0, 0.1) is 23.2 Å². The summed E-state index contributed by atoms with van der Waals surface area (Å²) in [6.07, 6.45) is 1.26. The standard InChI is InChI=1S/C30H45N5O6/c1-7-18(4)25(28(40)33-16-23(37)34-22(13-17(2)3)27(39)32-15-19(5)36)35-29(41)30(6)14-21(30)26(38)24(31)20-11-9-8-10-12-20/h8-12,17-18,21-22,24-25H,7,13-16,31H2,1-6H3,(H,32,39)(H,33,40)(H,34,37)(H,35,41)/t18-,21?,22?,24?,25-,30?/m0/s1. The molecule has 4 amide bonds. The largest absolute Gasteiger partial charge is 0.347 e. The molecule has 1 aromatic carbocycles. The average Bonchev–Trinajstić information content (AvgIpc) is 3.64. The average molecular weight is 572 g/mol. The van der Waals surface area contributed by atoms with Gasteiger partial charge in [-0.05, 0) is 37.2 Å². The normalized spacial score (nSPS) is 20.6. The lowest BCUT2D eigenvalue weighted by molar-refractivity contribution is -0.135.